The van der Waals surface area contributed by atoms with Crippen LogP contribution in [0.25, 0.3) is 28.2 Å². The molecule has 2 aliphatic heterocycles. The number of benzene rings is 1. The van der Waals surface area contributed by atoms with Crippen molar-refractivity contribution in [2.75, 3.05) is 24.5 Å². The van der Waals surface area contributed by atoms with E-state index in [1.54, 1.807) is 30.6 Å². The molecule has 5 heterocycles. The van der Waals surface area contributed by atoms with E-state index >= 15 is 0 Å². The topological polar surface area (TPSA) is 113 Å². The van der Waals surface area contributed by atoms with Crippen molar-refractivity contribution in [3.05, 3.63) is 83.0 Å². The summed E-state index contributed by atoms with van der Waals surface area (Å²) in [6, 6.07) is 13.3. The predicted octanol–water partition coefficient (Wildman–Crippen LogP) is 4.56. The van der Waals surface area contributed by atoms with Crippen LogP contribution in [-0.4, -0.2) is 50.7 Å². The minimum Gasteiger partial charge on any atom is -0.341 e. The van der Waals surface area contributed by atoms with Crippen LogP contribution in [0.1, 0.15) is 24.1 Å². The van der Waals surface area contributed by atoms with E-state index in [0.29, 0.717) is 40.3 Å². The minimum atomic E-state index is -0.402. The van der Waals surface area contributed by atoms with E-state index < -0.39 is 5.91 Å². The van der Waals surface area contributed by atoms with Crippen LogP contribution in [0.15, 0.2) is 66.0 Å². The molecule has 0 saturated carbocycles. The molecular weight excluding hydrogens is 529 g/mol. The van der Waals surface area contributed by atoms with Gasteiger partial charge >= 0.3 is 0 Å². The number of nitrogens with zero attached hydrogens (tertiary/aromatic N) is 5. The van der Waals surface area contributed by atoms with E-state index in [2.05, 4.69) is 36.6 Å². The second-order valence-electron chi connectivity index (χ2n) is 9.74. The number of carbonyl (C=O) groups is 2. The zero-order valence-electron chi connectivity index (χ0n) is 21.5. The molecule has 0 aliphatic carbocycles. The van der Waals surface area contributed by atoms with Crippen LogP contribution in [0.4, 0.5) is 15.1 Å². The summed E-state index contributed by atoms with van der Waals surface area (Å²) in [6.07, 6.45) is 8.02. The van der Waals surface area contributed by atoms with Gasteiger partial charge in [-0.15, -0.1) is 0 Å². The first-order valence-corrected chi connectivity index (χ1v) is 13.9. The number of para-hydroxylation sites is 1. The number of imide groups is 1. The number of amides is 2. The molecule has 6 rings (SSSR count). The highest BCUT2D eigenvalue weighted by molar-refractivity contribution is 8.18. The summed E-state index contributed by atoms with van der Waals surface area (Å²) in [7, 11) is 0. The first-order chi connectivity index (χ1) is 19.5. The molecule has 2 N–H and O–H groups in total. The Morgan fingerprint density at radius 2 is 1.95 bits per heavy atom. The van der Waals surface area contributed by atoms with Crippen molar-refractivity contribution in [2.24, 2.45) is 5.92 Å². The van der Waals surface area contributed by atoms with E-state index in [1.165, 1.54) is 6.20 Å². The fourth-order valence-corrected chi connectivity index (χ4v) is 5.66. The molecule has 202 valence electrons. The summed E-state index contributed by atoms with van der Waals surface area (Å²) < 4.78 is 14.6. The van der Waals surface area contributed by atoms with E-state index in [9.17, 15) is 14.0 Å². The van der Waals surface area contributed by atoms with Crippen LogP contribution in [0.3, 0.4) is 0 Å². The lowest BCUT2D eigenvalue weighted by atomic mass is 9.96. The van der Waals surface area contributed by atoms with Gasteiger partial charge in [-0.05, 0) is 73.0 Å². The van der Waals surface area contributed by atoms with Gasteiger partial charge in [0.25, 0.3) is 11.1 Å². The third-order valence-corrected chi connectivity index (χ3v) is 7.87. The Hall–Kier alpha value is -4.22. The standard InChI is InChI=1S/C29H26FN7O2S/c30-23-17-31-9-6-22(23)26-20(13-19-3-1-2-4-24(19)35-26)16-32-15-18-7-11-37(12-8-18)28-33-10-5-21(34-28)14-25-27(38)36-29(39)40-25/h1-6,9-10,13-14,17-18,32H,7-8,11-12,15-16H2,(H,36,38,39)/b25-14+. The zero-order chi connectivity index (χ0) is 27.5. The van der Waals surface area contributed by atoms with Crippen LogP contribution in [0, 0.1) is 11.7 Å². The Bertz CT molecular complexity index is 1620. The Balaban J connectivity index is 1.08. The second kappa shape index (κ2) is 11.5. The van der Waals surface area contributed by atoms with Gasteiger partial charge in [-0.2, -0.15) is 0 Å². The molecule has 9 nitrogen and oxygen atoms in total. The number of pyridine rings is 2. The molecule has 3 aromatic heterocycles. The average molecular weight is 556 g/mol. The van der Waals surface area contributed by atoms with Crippen molar-refractivity contribution in [2.45, 2.75) is 19.4 Å². The highest BCUT2D eigenvalue weighted by atomic mass is 32.2. The lowest BCUT2D eigenvalue weighted by Crippen LogP contribution is -2.38. The van der Waals surface area contributed by atoms with Gasteiger partial charge in [-0.25, -0.2) is 19.3 Å². The third kappa shape index (κ3) is 5.70. The van der Waals surface area contributed by atoms with Gasteiger partial charge in [0, 0.05) is 43.0 Å². The van der Waals surface area contributed by atoms with Gasteiger partial charge in [-0.3, -0.25) is 19.9 Å². The first-order valence-electron chi connectivity index (χ1n) is 13.1. The number of halogens is 1. The van der Waals surface area contributed by atoms with Gasteiger partial charge in [-0.1, -0.05) is 18.2 Å². The van der Waals surface area contributed by atoms with Crippen LogP contribution in [0.5, 0.6) is 0 Å². The van der Waals surface area contributed by atoms with Crippen LogP contribution in [-0.2, 0) is 11.3 Å². The molecule has 2 aliphatic rings. The maximum atomic E-state index is 14.6. The van der Waals surface area contributed by atoms with E-state index in [-0.39, 0.29) is 11.1 Å². The molecule has 2 fully saturated rings. The highest BCUT2D eigenvalue weighted by Crippen LogP contribution is 2.28. The van der Waals surface area contributed by atoms with E-state index in [4.69, 9.17) is 4.98 Å². The Morgan fingerprint density at radius 3 is 2.75 bits per heavy atom. The number of aromatic nitrogens is 4. The van der Waals surface area contributed by atoms with Gasteiger partial charge in [0.2, 0.25) is 5.95 Å². The quantitative estimate of drug-likeness (QED) is 0.317. The van der Waals surface area contributed by atoms with Gasteiger partial charge < -0.3 is 10.2 Å². The fraction of sp³-hybridized carbons (Fsp3) is 0.241. The van der Waals surface area contributed by atoms with Gasteiger partial charge in [0.05, 0.1) is 28.0 Å². The number of rotatable bonds is 7. The van der Waals surface area contributed by atoms with Crippen molar-refractivity contribution < 1.29 is 14.0 Å². The molecule has 0 radical (unpaired) electrons. The van der Waals surface area contributed by atoms with Crippen molar-refractivity contribution in [3.63, 3.8) is 0 Å². The number of piperidine rings is 1. The van der Waals surface area contributed by atoms with Crippen LogP contribution < -0.4 is 15.5 Å². The molecule has 0 atom stereocenters. The maximum Gasteiger partial charge on any atom is 0.290 e. The highest BCUT2D eigenvalue weighted by Gasteiger charge is 2.26. The number of anilines is 1. The Morgan fingerprint density at radius 1 is 1.10 bits per heavy atom. The molecule has 40 heavy (non-hydrogen) atoms. The molecule has 2 amide bonds. The van der Waals surface area contributed by atoms with Crippen molar-refractivity contribution in [1.29, 1.82) is 0 Å². The first kappa shape index (κ1) is 26.0. The lowest BCUT2D eigenvalue weighted by molar-refractivity contribution is -0.115. The van der Waals surface area contributed by atoms with Crippen molar-refractivity contribution in [1.82, 2.24) is 30.6 Å². The molecule has 0 spiro atoms. The zero-order valence-corrected chi connectivity index (χ0v) is 22.3. The summed E-state index contributed by atoms with van der Waals surface area (Å²) >= 11 is 0.872. The Kier molecular flexibility index (Phi) is 7.47. The fourth-order valence-electron chi connectivity index (χ4n) is 4.99. The number of hydrogen-bond acceptors (Lipinski definition) is 9. The molecule has 2 saturated heterocycles. The summed E-state index contributed by atoms with van der Waals surface area (Å²) in [5.74, 6) is 0.295. The second-order valence-corrected chi connectivity index (χ2v) is 10.8. The lowest BCUT2D eigenvalue weighted by Gasteiger charge is -2.32. The largest absolute Gasteiger partial charge is 0.341 e. The SMILES string of the molecule is O=C1NC(=O)/C(=C\c2ccnc(N3CCC(CNCc4cc5ccccc5nc4-c4ccncc4F)CC3)n2)S1. The molecule has 1 aromatic carbocycles. The third-order valence-electron chi connectivity index (χ3n) is 7.06. The molecule has 0 unspecified atom stereocenters. The number of nitrogens with one attached hydrogen (secondary N) is 2. The smallest absolute Gasteiger partial charge is 0.290 e. The van der Waals surface area contributed by atoms with Gasteiger partial charge in [0.15, 0.2) is 5.82 Å². The number of carbonyl (C=O) groups excluding carboxylic acids is 2. The predicted molar refractivity (Wildman–Crippen MR) is 153 cm³/mol. The average Bonchev–Trinajstić information content (AvgIpc) is 3.29. The summed E-state index contributed by atoms with van der Waals surface area (Å²) in [6.45, 7) is 3.02. The molecule has 4 aromatic rings. The van der Waals surface area contributed by atoms with Crippen molar-refractivity contribution in [3.8, 4) is 11.3 Å². The van der Waals surface area contributed by atoms with Crippen LogP contribution >= 0.6 is 11.8 Å². The number of hydrogen-bond donors (Lipinski definition) is 2. The molecule has 0 bridgehead atoms. The van der Waals surface area contributed by atoms with Crippen LogP contribution in [0.2, 0.25) is 0 Å². The number of thioether (sulfide) groups is 1. The summed E-state index contributed by atoms with van der Waals surface area (Å²) in [5.41, 5.74) is 3.43. The van der Waals surface area contributed by atoms with E-state index in [1.807, 2.05) is 24.3 Å². The Labute approximate surface area is 234 Å². The number of fused-ring (bicyclic) bond motifs is 1. The normalized spacial score (nSPS) is 17.1. The summed E-state index contributed by atoms with van der Waals surface area (Å²) in [5, 5.41) is 6.47. The molecular formula is C29H26FN7O2S. The monoisotopic (exact) mass is 555 g/mol. The molecule has 11 heteroatoms. The van der Waals surface area contributed by atoms with E-state index in [0.717, 1.165) is 60.7 Å². The van der Waals surface area contributed by atoms with Crippen molar-refractivity contribution >= 4 is 45.8 Å². The van der Waals surface area contributed by atoms with Gasteiger partial charge in [0.1, 0.15) is 0 Å². The minimum absolute atomic E-state index is 0.330. The summed E-state index contributed by atoms with van der Waals surface area (Å²) in [4.78, 5) is 43.4. The maximum absolute atomic E-state index is 14.6.